The van der Waals surface area contributed by atoms with Crippen molar-refractivity contribution in [3.05, 3.63) is 23.8 Å². The van der Waals surface area contributed by atoms with Crippen molar-refractivity contribution in [1.29, 1.82) is 0 Å². The zero-order valence-corrected chi connectivity index (χ0v) is 12.1. The normalized spacial score (nSPS) is 13.4. The highest BCUT2D eigenvalue weighted by atomic mass is 79.9. The van der Waals surface area contributed by atoms with Gasteiger partial charge in [-0.25, -0.2) is 0 Å². The van der Waals surface area contributed by atoms with Crippen molar-refractivity contribution in [2.75, 3.05) is 14.2 Å². The van der Waals surface area contributed by atoms with E-state index in [4.69, 9.17) is 9.47 Å². The van der Waals surface area contributed by atoms with E-state index in [-0.39, 0.29) is 10.2 Å². The van der Waals surface area contributed by atoms with E-state index in [1.165, 1.54) is 0 Å². The first-order chi connectivity index (χ1) is 7.40. The summed E-state index contributed by atoms with van der Waals surface area (Å²) in [6.45, 7) is 6.56. The molecule has 0 amide bonds. The van der Waals surface area contributed by atoms with Crippen molar-refractivity contribution >= 4 is 15.9 Å². The summed E-state index contributed by atoms with van der Waals surface area (Å²) >= 11 is 3.73. The van der Waals surface area contributed by atoms with Gasteiger partial charge in [0, 0.05) is 10.4 Å². The Kier molecular flexibility index (Phi) is 4.25. The molecule has 0 heterocycles. The van der Waals surface area contributed by atoms with Crippen LogP contribution in [0.4, 0.5) is 0 Å². The minimum Gasteiger partial charge on any atom is -0.497 e. The lowest BCUT2D eigenvalue weighted by Crippen LogP contribution is -2.13. The molecular weight excluding hydrogens is 268 g/mol. The van der Waals surface area contributed by atoms with Crippen LogP contribution in [0.2, 0.25) is 0 Å². The molecule has 1 atom stereocenters. The summed E-state index contributed by atoms with van der Waals surface area (Å²) in [4.78, 5) is 0.227. The molecule has 0 saturated heterocycles. The molecule has 0 spiro atoms. The molecule has 90 valence electrons. The molecule has 0 radical (unpaired) electrons. The summed E-state index contributed by atoms with van der Waals surface area (Å²) in [5, 5.41) is 0. The molecule has 0 bridgehead atoms. The molecule has 0 aliphatic heterocycles. The summed E-state index contributed by atoms with van der Waals surface area (Å²) in [6, 6.07) is 5.86. The molecule has 0 aromatic heterocycles. The molecule has 0 fully saturated rings. The minimum absolute atomic E-state index is 0.125. The molecule has 1 aromatic carbocycles. The van der Waals surface area contributed by atoms with Gasteiger partial charge in [0.1, 0.15) is 11.5 Å². The SMILES string of the molecule is COc1ccc(OC)c(C(Br)C(C)(C)C)c1. The Hall–Kier alpha value is -0.700. The zero-order valence-electron chi connectivity index (χ0n) is 10.5. The highest BCUT2D eigenvalue weighted by Crippen LogP contribution is 2.44. The van der Waals surface area contributed by atoms with Crippen LogP contribution in [0, 0.1) is 5.41 Å². The maximum Gasteiger partial charge on any atom is 0.123 e. The first kappa shape index (κ1) is 13.4. The number of hydrogen-bond acceptors (Lipinski definition) is 2. The van der Waals surface area contributed by atoms with Crippen molar-refractivity contribution in [2.45, 2.75) is 25.6 Å². The minimum atomic E-state index is 0.125. The van der Waals surface area contributed by atoms with Gasteiger partial charge in [-0.05, 0) is 23.6 Å². The van der Waals surface area contributed by atoms with Gasteiger partial charge in [0.15, 0.2) is 0 Å². The van der Waals surface area contributed by atoms with E-state index in [9.17, 15) is 0 Å². The molecule has 2 nitrogen and oxygen atoms in total. The van der Waals surface area contributed by atoms with Crippen LogP contribution >= 0.6 is 15.9 Å². The Morgan fingerprint density at radius 3 is 2.19 bits per heavy atom. The number of methoxy groups -OCH3 is 2. The lowest BCUT2D eigenvalue weighted by Gasteiger charge is -2.27. The fourth-order valence-electron chi connectivity index (χ4n) is 1.50. The van der Waals surface area contributed by atoms with Crippen LogP contribution < -0.4 is 9.47 Å². The molecule has 0 saturated carbocycles. The van der Waals surface area contributed by atoms with Gasteiger partial charge < -0.3 is 9.47 Å². The molecule has 1 rings (SSSR count). The van der Waals surface area contributed by atoms with Crippen LogP contribution in [-0.2, 0) is 0 Å². The van der Waals surface area contributed by atoms with Crippen LogP contribution in [-0.4, -0.2) is 14.2 Å². The van der Waals surface area contributed by atoms with Crippen molar-refractivity contribution in [2.24, 2.45) is 5.41 Å². The molecule has 0 N–H and O–H groups in total. The van der Waals surface area contributed by atoms with E-state index in [1.807, 2.05) is 18.2 Å². The molecule has 16 heavy (non-hydrogen) atoms. The van der Waals surface area contributed by atoms with Crippen LogP contribution in [0.1, 0.15) is 31.2 Å². The van der Waals surface area contributed by atoms with Crippen LogP contribution in [0.15, 0.2) is 18.2 Å². The third kappa shape index (κ3) is 2.91. The van der Waals surface area contributed by atoms with E-state index >= 15 is 0 Å². The third-order valence-electron chi connectivity index (χ3n) is 2.47. The first-order valence-corrected chi connectivity index (χ1v) is 6.17. The third-order valence-corrected chi connectivity index (χ3v) is 4.34. The van der Waals surface area contributed by atoms with Crippen molar-refractivity contribution < 1.29 is 9.47 Å². The van der Waals surface area contributed by atoms with E-state index in [1.54, 1.807) is 14.2 Å². The number of hydrogen-bond donors (Lipinski definition) is 0. The number of rotatable bonds is 3. The van der Waals surface area contributed by atoms with Crippen LogP contribution in [0.5, 0.6) is 11.5 Å². The fraction of sp³-hybridized carbons (Fsp3) is 0.538. The molecule has 3 heteroatoms. The standard InChI is InChI=1S/C13H19BrO2/c1-13(2,3)12(14)10-8-9(15-4)6-7-11(10)16-5/h6-8,12H,1-5H3. The Balaban J connectivity index is 3.18. The van der Waals surface area contributed by atoms with Gasteiger partial charge in [0.2, 0.25) is 0 Å². The summed E-state index contributed by atoms with van der Waals surface area (Å²) in [5.41, 5.74) is 1.24. The van der Waals surface area contributed by atoms with Crippen molar-refractivity contribution in [1.82, 2.24) is 0 Å². The summed E-state index contributed by atoms with van der Waals surface area (Å²) in [7, 11) is 3.36. The van der Waals surface area contributed by atoms with E-state index < -0.39 is 0 Å². The highest BCUT2D eigenvalue weighted by Gasteiger charge is 2.26. The first-order valence-electron chi connectivity index (χ1n) is 5.26. The van der Waals surface area contributed by atoms with Gasteiger partial charge in [0.25, 0.3) is 0 Å². The lowest BCUT2D eigenvalue weighted by atomic mass is 9.87. The van der Waals surface area contributed by atoms with Gasteiger partial charge in [-0.3, -0.25) is 0 Å². The number of benzene rings is 1. The zero-order chi connectivity index (χ0) is 12.3. The van der Waals surface area contributed by atoms with Crippen molar-refractivity contribution in [3.8, 4) is 11.5 Å². The van der Waals surface area contributed by atoms with Gasteiger partial charge in [-0.2, -0.15) is 0 Å². The van der Waals surface area contributed by atoms with Gasteiger partial charge >= 0.3 is 0 Å². The Bertz CT molecular complexity index is 355. The maximum atomic E-state index is 5.38. The Morgan fingerprint density at radius 2 is 1.75 bits per heavy atom. The quantitative estimate of drug-likeness (QED) is 0.776. The molecule has 0 aliphatic rings. The van der Waals surface area contributed by atoms with Gasteiger partial charge in [-0.1, -0.05) is 36.7 Å². The van der Waals surface area contributed by atoms with Gasteiger partial charge in [0.05, 0.1) is 14.2 Å². The second-order valence-corrected chi connectivity index (χ2v) is 5.75. The summed E-state index contributed by atoms with van der Waals surface area (Å²) < 4.78 is 10.6. The number of ether oxygens (including phenoxy) is 2. The van der Waals surface area contributed by atoms with Gasteiger partial charge in [-0.15, -0.1) is 0 Å². The summed E-state index contributed by atoms with van der Waals surface area (Å²) in [6.07, 6.45) is 0. The Morgan fingerprint density at radius 1 is 1.12 bits per heavy atom. The van der Waals surface area contributed by atoms with Crippen LogP contribution in [0.3, 0.4) is 0 Å². The number of halogens is 1. The van der Waals surface area contributed by atoms with E-state index in [2.05, 4.69) is 36.7 Å². The monoisotopic (exact) mass is 286 g/mol. The van der Waals surface area contributed by atoms with E-state index in [0.717, 1.165) is 17.1 Å². The fourth-order valence-corrected chi connectivity index (χ4v) is 1.86. The average molecular weight is 287 g/mol. The highest BCUT2D eigenvalue weighted by molar-refractivity contribution is 9.09. The predicted octanol–water partition coefficient (Wildman–Crippen LogP) is 4.19. The topological polar surface area (TPSA) is 18.5 Å². The van der Waals surface area contributed by atoms with Crippen LogP contribution in [0.25, 0.3) is 0 Å². The second-order valence-electron chi connectivity index (χ2n) is 4.84. The lowest BCUT2D eigenvalue weighted by molar-refractivity contribution is 0.371. The molecule has 1 unspecified atom stereocenters. The molecule has 1 aromatic rings. The molecular formula is C13H19BrO2. The average Bonchev–Trinajstić information content (AvgIpc) is 2.25. The smallest absolute Gasteiger partial charge is 0.123 e. The maximum absolute atomic E-state index is 5.38. The summed E-state index contributed by atoms with van der Waals surface area (Å²) in [5.74, 6) is 1.74. The second kappa shape index (κ2) is 5.09. The number of alkyl halides is 1. The van der Waals surface area contributed by atoms with Crippen molar-refractivity contribution in [3.63, 3.8) is 0 Å². The Labute approximate surface area is 106 Å². The predicted molar refractivity (Wildman–Crippen MR) is 70.7 cm³/mol. The largest absolute Gasteiger partial charge is 0.497 e. The molecule has 0 aliphatic carbocycles. The van der Waals surface area contributed by atoms with E-state index in [0.29, 0.717) is 0 Å².